The molecule has 10 nitrogen and oxygen atoms in total. The number of benzene rings is 2. The number of rotatable bonds is 6. The van der Waals surface area contributed by atoms with E-state index in [2.05, 4.69) is 25.5 Å². The number of thiazole rings is 1. The van der Waals surface area contributed by atoms with Crippen LogP contribution in [0.15, 0.2) is 42.5 Å². The zero-order valence-corrected chi connectivity index (χ0v) is 22.4. The van der Waals surface area contributed by atoms with E-state index in [4.69, 9.17) is 21.1 Å². The van der Waals surface area contributed by atoms with E-state index in [0.29, 0.717) is 45.9 Å². The van der Waals surface area contributed by atoms with Crippen LogP contribution in [-0.2, 0) is 22.5 Å². The molecule has 0 spiro atoms. The Balaban J connectivity index is 1.27. The predicted octanol–water partition coefficient (Wildman–Crippen LogP) is 4.46. The highest BCUT2D eigenvalue weighted by Crippen LogP contribution is 2.31. The van der Waals surface area contributed by atoms with Crippen molar-refractivity contribution in [2.75, 3.05) is 30.8 Å². The minimum atomic E-state index is -0.727. The fourth-order valence-electron chi connectivity index (χ4n) is 4.57. The summed E-state index contributed by atoms with van der Waals surface area (Å²) >= 11 is 7.44. The number of amides is 2. The van der Waals surface area contributed by atoms with Crippen LogP contribution in [0.25, 0.3) is 10.9 Å². The lowest BCUT2D eigenvalue weighted by Crippen LogP contribution is -2.25. The van der Waals surface area contributed by atoms with E-state index in [9.17, 15) is 14.4 Å². The Kier molecular flexibility index (Phi) is 6.71. The fraction of sp³-hybridized carbons (Fsp3) is 0.259. The predicted molar refractivity (Wildman–Crippen MR) is 148 cm³/mol. The van der Waals surface area contributed by atoms with E-state index in [-0.39, 0.29) is 0 Å². The number of carbonyl (C=O) groups excluding carboxylic acids is 3. The van der Waals surface area contributed by atoms with E-state index < -0.39 is 23.9 Å². The Morgan fingerprint density at radius 1 is 1.15 bits per heavy atom. The number of anilines is 2. The lowest BCUT2D eigenvalue weighted by molar-refractivity contribution is -0.143. The number of nitrogens with one attached hydrogen (secondary N) is 3. The molecule has 0 aliphatic carbocycles. The van der Waals surface area contributed by atoms with Gasteiger partial charge in [0.2, 0.25) is 0 Å². The normalized spacial score (nSPS) is 17.1. The third-order valence-corrected chi connectivity index (χ3v) is 7.91. The highest BCUT2D eigenvalue weighted by atomic mass is 35.5. The fourth-order valence-corrected chi connectivity index (χ4v) is 5.83. The van der Waals surface area contributed by atoms with Crippen molar-refractivity contribution in [1.29, 1.82) is 0 Å². The number of H-pyrrole nitrogens is 1. The molecular weight excluding hydrogens is 542 g/mol. The summed E-state index contributed by atoms with van der Waals surface area (Å²) in [4.78, 5) is 49.2. The van der Waals surface area contributed by atoms with Crippen LogP contribution in [-0.4, -0.2) is 59.0 Å². The SMILES string of the molecule is CN1CCc2nc(C(=O)Nc3cc(OC4CCOC4=O)ccc3NC(=O)c3cc4cc(Cl)ccc4[nH]3)sc2C1. The van der Waals surface area contributed by atoms with Crippen LogP contribution in [0.4, 0.5) is 11.4 Å². The van der Waals surface area contributed by atoms with Crippen LogP contribution in [0.5, 0.6) is 5.75 Å². The molecular formula is C27H24ClN5O5S. The molecule has 0 saturated carbocycles. The van der Waals surface area contributed by atoms with Crippen molar-refractivity contribution in [3.63, 3.8) is 0 Å². The maximum absolute atomic E-state index is 13.3. The molecule has 1 fully saturated rings. The van der Waals surface area contributed by atoms with Gasteiger partial charge in [-0.1, -0.05) is 11.6 Å². The van der Waals surface area contributed by atoms with Crippen molar-refractivity contribution in [3.05, 3.63) is 68.8 Å². The third-order valence-electron chi connectivity index (χ3n) is 6.60. The number of nitrogens with zero attached hydrogens (tertiary/aromatic N) is 2. The van der Waals surface area contributed by atoms with Gasteiger partial charge in [0, 0.05) is 52.8 Å². The van der Waals surface area contributed by atoms with Gasteiger partial charge in [0.25, 0.3) is 11.8 Å². The van der Waals surface area contributed by atoms with E-state index in [0.717, 1.165) is 41.0 Å². The van der Waals surface area contributed by atoms with Gasteiger partial charge in [-0.15, -0.1) is 11.3 Å². The lowest BCUT2D eigenvalue weighted by Gasteiger charge is -2.20. The quantitative estimate of drug-likeness (QED) is 0.295. The van der Waals surface area contributed by atoms with Crippen molar-refractivity contribution in [1.82, 2.24) is 14.9 Å². The molecule has 12 heteroatoms. The molecule has 2 aliphatic heterocycles. The molecule has 2 aromatic carbocycles. The first-order valence-corrected chi connectivity index (χ1v) is 13.6. The van der Waals surface area contributed by atoms with Gasteiger partial charge in [-0.05, 0) is 43.4 Å². The number of ether oxygens (including phenoxy) is 2. The van der Waals surface area contributed by atoms with E-state index in [1.54, 1.807) is 42.5 Å². The molecule has 1 saturated heterocycles. The number of fused-ring (bicyclic) bond motifs is 2. The molecule has 2 amide bonds. The van der Waals surface area contributed by atoms with Crippen LogP contribution in [0, 0.1) is 0 Å². The Labute approximate surface area is 232 Å². The molecule has 2 aromatic heterocycles. The number of hydrogen-bond donors (Lipinski definition) is 3. The number of aromatic nitrogens is 2. The number of esters is 1. The summed E-state index contributed by atoms with van der Waals surface area (Å²) in [6.45, 7) is 1.93. The summed E-state index contributed by atoms with van der Waals surface area (Å²) in [7, 11) is 2.03. The van der Waals surface area contributed by atoms with Crippen LogP contribution >= 0.6 is 22.9 Å². The molecule has 3 N–H and O–H groups in total. The first-order valence-electron chi connectivity index (χ1n) is 12.4. The second kappa shape index (κ2) is 10.3. The number of cyclic esters (lactones) is 1. The van der Waals surface area contributed by atoms with E-state index in [1.165, 1.54) is 11.3 Å². The number of likely N-dealkylation sites (N-methyl/N-ethyl adjacent to an activating group) is 1. The molecule has 4 aromatic rings. The Morgan fingerprint density at radius 2 is 2.00 bits per heavy atom. The molecule has 6 rings (SSSR count). The third kappa shape index (κ3) is 5.33. The summed E-state index contributed by atoms with van der Waals surface area (Å²) in [6, 6.07) is 11.8. The second-order valence-electron chi connectivity index (χ2n) is 9.47. The largest absolute Gasteiger partial charge is 0.479 e. The zero-order valence-electron chi connectivity index (χ0n) is 20.9. The number of aromatic amines is 1. The summed E-state index contributed by atoms with van der Waals surface area (Å²) in [5, 5.41) is 7.43. The average Bonchev–Trinajstić information content (AvgIpc) is 3.63. The summed E-state index contributed by atoms with van der Waals surface area (Å²) in [6.07, 6.45) is 0.491. The van der Waals surface area contributed by atoms with Crippen molar-refractivity contribution in [2.24, 2.45) is 0 Å². The number of carbonyl (C=O) groups is 3. The van der Waals surface area contributed by atoms with E-state index >= 15 is 0 Å². The van der Waals surface area contributed by atoms with Gasteiger partial charge >= 0.3 is 5.97 Å². The highest BCUT2D eigenvalue weighted by Gasteiger charge is 2.29. The molecule has 1 unspecified atom stereocenters. The molecule has 2 aliphatic rings. The summed E-state index contributed by atoms with van der Waals surface area (Å²) in [5.74, 6) is -0.883. The molecule has 39 heavy (non-hydrogen) atoms. The summed E-state index contributed by atoms with van der Waals surface area (Å²) in [5.41, 5.74) is 2.69. The minimum Gasteiger partial charge on any atom is -0.479 e. The van der Waals surface area contributed by atoms with E-state index in [1.807, 2.05) is 7.05 Å². The van der Waals surface area contributed by atoms with Crippen LogP contribution in [0.3, 0.4) is 0 Å². The molecule has 0 radical (unpaired) electrons. The Morgan fingerprint density at radius 3 is 2.82 bits per heavy atom. The first kappa shape index (κ1) is 25.4. The maximum atomic E-state index is 13.3. The maximum Gasteiger partial charge on any atom is 0.347 e. The molecule has 1 atom stereocenters. The van der Waals surface area contributed by atoms with Crippen molar-refractivity contribution in [2.45, 2.75) is 25.5 Å². The average molecular weight is 566 g/mol. The molecule has 4 heterocycles. The number of halogens is 1. The smallest absolute Gasteiger partial charge is 0.347 e. The van der Waals surface area contributed by atoms with Crippen molar-refractivity contribution >= 4 is 63.0 Å². The van der Waals surface area contributed by atoms with Crippen LogP contribution < -0.4 is 15.4 Å². The van der Waals surface area contributed by atoms with Crippen LogP contribution in [0.2, 0.25) is 5.02 Å². The molecule has 200 valence electrons. The second-order valence-corrected chi connectivity index (χ2v) is 11.0. The Hall–Kier alpha value is -3.93. The highest BCUT2D eigenvalue weighted by molar-refractivity contribution is 7.13. The van der Waals surface area contributed by atoms with Gasteiger partial charge in [0.05, 0.1) is 23.7 Å². The van der Waals surface area contributed by atoms with Gasteiger partial charge in [0.15, 0.2) is 11.1 Å². The molecule has 0 bridgehead atoms. The lowest BCUT2D eigenvalue weighted by atomic mass is 10.2. The van der Waals surface area contributed by atoms with Crippen molar-refractivity contribution < 1.29 is 23.9 Å². The number of hydrogen-bond acceptors (Lipinski definition) is 8. The van der Waals surface area contributed by atoms with Gasteiger partial charge in [-0.25, -0.2) is 9.78 Å². The van der Waals surface area contributed by atoms with Gasteiger partial charge in [0.1, 0.15) is 11.4 Å². The van der Waals surface area contributed by atoms with Gasteiger partial charge in [-0.2, -0.15) is 0 Å². The van der Waals surface area contributed by atoms with Crippen molar-refractivity contribution in [3.8, 4) is 5.75 Å². The summed E-state index contributed by atoms with van der Waals surface area (Å²) < 4.78 is 10.8. The monoisotopic (exact) mass is 565 g/mol. The first-order chi connectivity index (χ1) is 18.8. The van der Waals surface area contributed by atoms with Gasteiger partial charge in [-0.3, -0.25) is 9.59 Å². The minimum absolute atomic E-state index is 0.293. The Bertz CT molecular complexity index is 1620. The zero-order chi connectivity index (χ0) is 27.1. The van der Waals surface area contributed by atoms with Gasteiger partial charge < -0.3 is 30.0 Å². The topological polar surface area (TPSA) is 126 Å². The standard InChI is InChI=1S/C27H24ClN5O5S/c1-33-8-6-19-23(13-33)39-26(32-19)25(35)31-20-12-16(38-22-7-9-37-27(22)36)3-5-18(20)30-24(34)21-11-14-10-15(28)2-4-17(14)29-21/h2-5,10-12,22,29H,6-9,13H2,1H3,(H,30,34)(H,31,35). The van der Waals surface area contributed by atoms with Crippen LogP contribution in [0.1, 0.15) is 37.3 Å².